The van der Waals surface area contributed by atoms with Gasteiger partial charge in [-0.05, 0) is 24.3 Å². The largest absolute Gasteiger partial charge is 0.491 e. The van der Waals surface area contributed by atoms with Crippen molar-refractivity contribution >= 4 is 5.97 Å². The number of methoxy groups -OCH3 is 2. The summed E-state index contributed by atoms with van der Waals surface area (Å²) in [4.78, 5) is 10.8. The highest BCUT2D eigenvalue weighted by atomic mass is 16.5. The summed E-state index contributed by atoms with van der Waals surface area (Å²) in [5, 5.41) is 0. The van der Waals surface area contributed by atoms with Crippen molar-refractivity contribution in [3.63, 3.8) is 0 Å². The van der Waals surface area contributed by atoms with Crippen LogP contribution in [0.3, 0.4) is 0 Å². The summed E-state index contributed by atoms with van der Waals surface area (Å²) in [6, 6.07) is 7.34. The number of esters is 1. The fraction of sp³-hybridized carbons (Fsp3) is 0.357. The molecule has 4 heteroatoms. The number of rotatable bonds is 5. The fourth-order valence-electron chi connectivity index (χ4n) is 1.17. The lowest BCUT2D eigenvalue weighted by molar-refractivity contribution is -0.139. The van der Waals surface area contributed by atoms with Gasteiger partial charge >= 0.3 is 5.97 Å². The van der Waals surface area contributed by atoms with Crippen molar-refractivity contribution in [2.75, 3.05) is 27.4 Å². The van der Waals surface area contributed by atoms with Crippen LogP contribution in [0, 0.1) is 11.8 Å². The van der Waals surface area contributed by atoms with Gasteiger partial charge in [0.1, 0.15) is 18.8 Å². The predicted molar refractivity (Wildman–Crippen MR) is 67.3 cm³/mol. The third kappa shape index (κ3) is 5.37. The Hall–Kier alpha value is -1.99. The summed E-state index contributed by atoms with van der Waals surface area (Å²) in [5.74, 6) is 6.05. The zero-order chi connectivity index (χ0) is 13.2. The lowest BCUT2D eigenvalue weighted by Crippen LogP contribution is -2.03. The van der Waals surface area contributed by atoms with E-state index >= 15 is 0 Å². The molecule has 0 radical (unpaired) electrons. The molecule has 18 heavy (non-hydrogen) atoms. The van der Waals surface area contributed by atoms with Gasteiger partial charge in [-0.1, -0.05) is 11.8 Å². The van der Waals surface area contributed by atoms with E-state index in [9.17, 15) is 4.79 Å². The third-order valence-electron chi connectivity index (χ3n) is 2.10. The second-order valence-electron chi connectivity index (χ2n) is 3.42. The van der Waals surface area contributed by atoms with Crippen LogP contribution in [-0.4, -0.2) is 33.4 Å². The summed E-state index contributed by atoms with van der Waals surface area (Å²) < 4.78 is 14.8. The molecule has 1 aromatic rings. The Kier molecular flexibility index (Phi) is 6.37. The van der Waals surface area contributed by atoms with Gasteiger partial charge in [0.2, 0.25) is 0 Å². The van der Waals surface area contributed by atoms with Crippen molar-refractivity contribution in [2.45, 2.75) is 6.42 Å². The summed E-state index contributed by atoms with van der Waals surface area (Å²) in [6.45, 7) is 1.07. The molecule has 0 aromatic heterocycles. The Labute approximate surface area is 107 Å². The van der Waals surface area contributed by atoms with Gasteiger partial charge in [0.05, 0.1) is 13.7 Å². The van der Waals surface area contributed by atoms with Gasteiger partial charge in [0.25, 0.3) is 0 Å². The van der Waals surface area contributed by atoms with Gasteiger partial charge < -0.3 is 14.2 Å². The molecule has 0 unspecified atom stereocenters. The monoisotopic (exact) mass is 248 g/mol. The lowest BCUT2D eigenvalue weighted by Gasteiger charge is -2.04. The van der Waals surface area contributed by atoms with Crippen LogP contribution < -0.4 is 4.74 Å². The number of hydrogen-bond donors (Lipinski definition) is 0. The molecular formula is C14H16O4. The van der Waals surface area contributed by atoms with E-state index in [1.54, 1.807) is 7.11 Å². The van der Waals surface area contributed by atoms with Crippen LogP contribution in [-0.2, 0) is 14.3 Å². The van der Waals surface area contributed by atoms with E-state index in [-0.39, 0.29) is 12.4 Å². The smallest absolute Gasteiger partial charge is 0.317 e. The molecule has 0 aliphatic rings. The quantitative estimate of drug-likeness (QED) is 0.451. The van der Waals surface area contributed by atoms with Crippen LogP contribution >= 0.6 is 0 Å². The van der Waals surface area contributed by atoms with E-state index in [2.05, 4.69) is 16.6 Å². The van der Waals surface area contributed by atoms with Crippen molar-refractivity contribution in [3.8, 4) is 17.6 Å². The molecule has 0 atom stereocenters. The number of benzene rings is 1. The Morgan fingerprint density at radius 1 is 1.17 bits per heavy atom. The van der Waals surface area contributed by atoms with Crippen LogP contribution in [0.15, 0.2) is 24.3 Å². The van der Waals surface area contributed by atoms with E-state index < -0.39 is 0 Å². The molecule has 4 nitrogen and oxygen atoms in total. The highest BCUT2D eigenvalue weighted by Gasteiger charge is 1.95. The van der Waals surface area contributed by atoms with Gasteiger partial charge in [0, 0.05) is 12.7 Å². The summed E-state index contributed by atoms with van der Waals surface area (Å²) in [5.41, 5.74) is 0.831. The van der Waals surface area contributed by atoms with E-state index in [1.165, 1.54) is 7.11 Å². The zero-order valence-corrected chi connectivity index (χ0v) is 10.6. The Bertz CT molecular complexity index is 425. The molecule has 96 valence electrons. The molecule has 0 aliphatic carbocycles. The van der Waals surface area contributed by atoms with Crippen molar-refractivity contribution in [3.05, 3.63) is 29.8 Å². The molecule has 0 amide bonds. The van der Waals surface area contributed by atoms with Crippen LogP contribution in [0.4, 0.5) is 0 Å². The van der Waals surface area contributed by atoms with E-state index in [0.29, 0.717) is 13.2 Å². The first-order valence-electron chi connectivity index (χ1n) is 5.53. The average molecular weight is 248 g/mol. The summed E-state index contributed by atoms with van der Waals surface area (Å²) in [7, 11) is 2.97. The highest BCUT2D eigenvalue weighted by Crippen LogP contribution is 2.11. The first-order chi connectivity index (χ1) is 8.76. The van der Waals surface area contributed by atoms with E-state index in [1.807, 2.05) is 24.3 Å². The van der Waals surface area contributed by atoms with E-state index in [0.717, 1.165) is 11.3 Å². The molecule has 0 aliphatic heterocycles. The summed E-state index contributed by atoms with van der Waals surface area (Å²) >= 11 is 0. The topological polar surface area (TPSA) is 44.8 Å². The van der Waals surface area contributed by atoms with Crippen LogP contribution in [0.5, 0.6) is 5.75 Å². The molecule has 0 saturated carbocycles. The second-order valence-corrected chi connectivity index (χ2v) is 3.42. The minimum Gasteiger partial charge on any atom is -0.491 e. The van der Waals surface area contributed by atoms with Gasteiger partial charge in [0.15, 0.2) is 0 Å². The lowest BCUT2D eigenvalue weighted by atomic mass is 10.2. The first-order valence-corrected chi connectivity index (χ1v) is 5.53. The standard InChI is InChI=1S/C14H16O4/c1-16-10-11-18-13-8-6-12(7-9-13)4-3-5-14(15)17-2/h6-9H,5,10-11H2,1-2H3. The molecule has 0 fully saturated rings. The molecule has 1 rings (SSSR count). The van der Waals surface area contributed by atoms with Gasteiger partial charge in [-0.15, -0.1) is 0 Å². The fourth-order valence-corrected chi connectivity index (χ4v) is 1.17. The predicted octanol–water partition coefficient (Wildman–Crippen LogP) is 1.63. The van der Waals surface area contributed by atoms with Crippen molar-refractivity contribution < 1.29 is 19.0 Å². The maximum absolute atomic E-state index is 10.8. The maximum atomic E-state index is 10.8. The highest BCUT2D eigenvalue weighted by molar-refractivity contribution is 5.72. The third-order valence-corrected chi connectivity index (χ3v) is 2.10. The van der Waals surface area contributed by atoms with Gasteiger partial charge in [-0.2, -0.15) is 0 Å². The first kappa shape index (κ1) is 14.1. The van der Waals surface area contributed by atoms with E-state index in [4.69, 9.17) is 9.47 Å². The normalized spacial score (nSPS) is 9.22. The Balaban J connectivity index is 2.47. The van der Waals surface area contributed by atoms with Gasteiger partial charge in [-0.3, -0.25) is 4.79 Å². The minimum absolute atomic E-state index is 0.0998. The molecule has 0 bridgehead atoms. The minimum atomic E-state index is -0.331. The molecule has 0 N–H and O–H groups in total. The zero-order valence-electron chi connectivity index (χ0n) is 10.6. The SMILES string of the molecule is COCCOc1ccc(C#CCC(=O)OC)cc1. The number of carbonyl (C=O) groups excluding carboxylic acids is 1. The van der Waals surface area contributed by atoms with Crippen molar-refractivity contribution in [1.29, 1.82) is 0 Å². The number of carbonyl (C=O) groups is 1. The van der Waals surface area contributed by atoms with Crippen molar-refractivity contribution in [1.82, 2.24) is 0 Å². The number of hydrogen-bond acceptors (Lipinski definition) is 4. The van der Waals surface area contributed by atoms with Crippen LogP contribution in [0.2, 0.25) is 0 Å². The average Bonchev–Trinajstić information content (AvgIpc) is 2.40. The molecular weight excluding hydrogens is 232 g/mol. The summed E-state index contributed by atoms with van der Waals surface area (Å²) in [6.07, 6.45) is 0.0998. The van der Waals surface area contributed by atoms with Gasteiger partial charge in [-0.25, -0.2) is 0 Å². The second kappa shape index (κ2) is 8.15. The molecule has 0 spiro atoms. The molecule has 0 heterocycles. The van der Waals surface area contributed by atoms with Crippen LogP contribution in [0.1, 0.15) is 12.0 Å². The maximum Gasteiger partial charge on any atom is 0.317 e. The van der Waals surface area contributed by atoms with Crippen molar-refractivity contribution in [2.24, 2.45) is 0 Å². The molecule has 1 aromatic carbocycles. The molecule has 0 saturated heterocycles. The number of ether oxygens (including phenoxy) is 3. The Morgan fingerprint density at radius 3 is 2.50 bits per heavy atom. The Morgan fingerprint density at radius 2 is 1.89 bits per heavy atom. The van der Waals surface area contributed by atoms with Crippen LogP contribution in [0.25, 0.3) is 0 Å².